The van der Waals surface area contributed by atoms with Crippen LogP contribution in [0.3, 0.4) is 0 Å². The third-order valence-corrected chi connectivity index (χ3v) is 4.89. The standard InChI is InChI=1S/C21H27N5O3/c1-3-22-21(23-16-17-7-9-18(10-8-17)26(27)28)25-13-11-24(12-14-25)19-5-4-6-20(15-19)29-2/h4-10,15H,3,11-14,16H2,1-2H3,(H,22,23). The smallest absolute Gasteiger partial charge is 0.269 e. The van der Waals surface area contributed by atoms with Gasteiger partial charge in [0, 0.05) is 56.6 Å². The molecule has 0 bridgehead atoms. The first-order chi connectivity index (χ1) is 14.1. The van der Waals surface area contributed by atoms with Crippen molar-refractivity contribution in [3.8, 4) is 5.75 Å². The number of hydrogen-bond donors (Lipinski definition) is 1. The summed E-state index contributed by atoms with van der Waals surface area (Å²) < 4.78 is 5.33. The molecule has 1 aliphatic rings. The number of anilines is 1. The summed E-state index contributed by atoms with van der Waals surface area (Å²) in [6.45, 7) is 6.84. The molecule has 8 heteroatoms. The fourth-order valence-electron chi connectivity index (χ4n) is 3.30. The number of ether oxygens (including phenoxy) is 1. The molecule has 0 amide bonds. The lowest BCUT2D eigenvalue weighted by atomic mass is 10.2. The Morgan fingerprint density at radius 2 is 1.90 bits per heavy atom. The van der Waals surface area contributed by atoms with Crippen LogP contribution in [0, 0.1) is 10.1 Å². The Morgan fingerprint density at radius 1 is 1.17 bits per heavy atom. The molecule has 2 aromatic carbocycles. The average Bonchev–Trinajstić information content (AvgIpc) is 2.77. The Kier molecular flexibility index (Phi) is 6.89. The highest BCUT2D eigenvalue weighted by Crippen LogP contribution is 2.22. The Bertz CT molecular complexity index is 846. The number of guanidine groups is 1. The van der Waals surface area contributed by atoms with E-state index in [1.165, 1.54) is 12.1 Å². The Hall–Kier alpha value is -3.29. The monoisotopic (exact) mass is 397 g/mol. The number of rotatable bonds is 6. The lowest BCUT2D eigenvalue weighted by Gasteiger charge is -2.37. The van der Waals surface area contributed by atoms with Gasteiger partial charge in [0.2, 0.25) is 0 Å². The van der Waals surface area contributed by atoms with Gasteiger partial charge in [0.1, 0.15) is 5.75 Å². The maximum Gasteiger partial charge on any atom is 0.269 e. The van der Waals surface area contributed by atoms with Crippen molar-refractivity contribution in [1.29, 1.82) is 0 Å². The topological polar surface area (TPSA) is 83.2 Å². The third kappa shape index (κ3) is 5.37. The van der Waals surface area contributed by atoms with Gasteiger partial charge in [-0.3, -0.25) is 10.1 Å². The van der Waals surface area contributed by atoms with Gasteiger partial charge in [-0.15, -0.1) is 0 Å². The molecule has 0 radical (unpaired) electrons. The highest BCUT2D eigenvalue weighted by atomic mass is 16.6. The second kappa shape index (κ2) is 9.77. The normalized spacial score (nSPS) is 14.6. The molecule has 29 heavy (non-hydrogen) atoms. The Labute approximate surface area is 170 Å². The lowest BCUT2D eigenvalue weighted by Crippen LogP contribution is -2.52. The summed E-state index contributed by atoms with van der Waals surface area (Å²) >= 11 is 0. The van der Waals surface area contributed by atoms with Crippen molar-refractivity contribution < 1.29 is 9.66 Å². The quantitative estimate of drug-likeness (QED) is 0.349. The lowest BCUT2D eigenvalue weighted by molar-refractivity contribution is -0.384. The van der Waals surface area contributed by atoms with Gasteiger partial charge in [0.25, 0.3) is 5.69 Å². The number of nitrogens with zero attached hydrogens (tertiary/aromatic N) is 4. The number of piperazine rings is 1. The van der Waals surface area contributed by atoms with Crippen LogP contribution in [-0.2, 0) is 6.54 Å². The molecule has 1 saturated heterocycles. The zero-order valence-corrected chi connectivity index (χ0v) is 16.9. The van der Waals surface area contributed by atoms with Gasteiger partial charge in [-0.2, -0.15) is 0 Å². The van der Waals surface area contributed by atoms with Crippen molar-refractivity contribution in [2.24, 2.45) is 4.99 Å². The van der Waals surface area contributed by atoms with Crippen LogP contribution in [0.25, 0.3) is 0 Å². The minimum Gasteiger partial charge on any atom is -0.497 e. The molecule has 3 rings (SSSR count). The number of aliphatic imine (C=N–C) groups is 1. The molecule has 8 nitrogen and oxygen atoms in total. The van der Waals surface area contributed by atoms with Crippen molar-refractivity contribution in [2.75, 3.05) is 44.7 Å². The van der Waals surface area contributed by atoms with Crippen molar-refractivity contribution in [2.45, 2.75) is 13.5 Å². The van der Waals surface area contributed by atoms with Gasteiger partial charge in [-0.05, 0) is 24.6 Å². The summed E-state index contributed by atoms with van der Waals surface area (Å²) in [4.78, 5) is 19.7. The van der Waals surface area contributed by atoms with Gasteiger partial charge in [-0.1, -0.05) is 18.2 Å². The predicted molar refractivity (Wildman–Crippen MR) is 115 cm³/mol. The van der Waals surface area contributed by atoms with Gasteiger partial charge in [-0.25, -0.2) is 4.99 Å². The molecular formula is C21H27N5O3. The summed E-state index contributed by atoms with van der Waals surface area (Å²) in [5.74, 6) is 1.74. The third-order valence-electron chi connectivity index (χ3n) is 4.89. The number of benzene rings is 2. The van der Waals surface area contributed by atoms with Gasteiger partial charge < -0.3 is 19.9 Å². The van der Waals surface area contributed by atoms with Crippen molar-refractivity contribution in [1.82, 2.24) is 10.2 Å². The van der Waals surface area contributed by atoms with E-state index in [-0.39, 0.29) is 10.6 Å². The number of methoxy groups -OCH3 is 1. The van der Waals surface area contributed by atoms with E-state index in [1.807, 2.05) is 19.1 Å². The molecule has 0 aliphatic carbocycles. The fourth-order valence-corrected chi connectivity index (χ4v) is 3.30. The fraction of sp³-hybridized carbons (Fsp3) is 0.381. The van der Waals surface area contributed by atoms with E-state index in [4.69, 9.17) is 9.73 Å². The highest BCUT2D eigenvalue weighted by molar-refractivity contribution is 5.80. The first-order valence-corrected chi connectivity index (χ1v) is 9.76. The molecule has 1 fully saturated rings. The van der Waals surface area contributed by atoms with Crippen LogP contribution in [0.2, 0.25) is 0 Å². The Balaban J connectivity index is 1.62. The summed E-state index contributed by atoms with van der Waals surface area (Å²) in [6.07, 6.45) is 0. The van der Waals surface area contributed by atoms with E-state index in [9.17, 15) is 10.1 Å². The van der Waals surface area contributed by atoms with Crippen LogP contribution in [0.1, 0.15) is 12.5 Å². The maximum atomic E-state index is 10.8. The van der Waals surface area contributed by atoms with E-state index in [2.05, 4.69) is 27.2 Å². The zero-order valence-electron chi connectivity index (χ0n) is 16.9. The van der Waals surface area contributed by atoms with Crippen molar-refractivity contribution >= 4 is 17.3 Å². The molecule has 0 atom stereocenters. The molecule has 1 heterocycles. The molecule has 0 unspecified atom stereocenters. The summed E-state index contributed by atoms with van der Waals surface area (Å²) in [7, 11) is 1.68. The SMILES string of the molecule is CCNC(=NCc1ccc([N+](=O)[O-])cc1)N1CCN(c2cccc(OC)c2)CC1. The van der Waals surface area contributed by atoms with E-state index in [0.717, 1.165) is 55.7 Å². The highest BCUT2D eigenvalue weighted by Gasteiger charge is 2.20. The van der Waals surface area contributed by atoms with E-state index in [0.29, 0.717) is 6.54 Å². The second-order valence-electron chi connectivity index (χ2n) is 6.77. The van der Waals surface area contributed by atoms with Crippen LogP contribution >= 0.6 is 0 Å². The number of nitro groups is 1. The average molecular weight is 397 g/mol. The molecule has 1 N–H and O–H groups in total. The van der Waals surface area contributed by atoms with Gasteiger partial charge in [0.15, 0.2) is 5.96 Å². The minimum absolute atomic E-state index is 0.0956. The molecule has 154 valence electrons. The van der Waals surface area contributed by atoms with Crippen LogP contribution < -0.4 is 15.0 Å². The van der Waals surface area contributed by atoms with E-state index < -0.39 is 0 Å². The first-order valence-electron chi connectivity index (χ1n) is 9.76. The van der Waals surface area contributed by atoms with E-state index >= 15 is 0 Å². The molecular weight excluding hydrogens is 370 g/mol. The molecule has 0 spiro atoms. The Morgan fingerprint density at radius 3 is 2.52 bits per heavy atom. The summed E-state index contributed by atoms with van der Waals surface area (Å²) in [5.41, 5.74) is 2.20. The molecule has 1 aliphatic heterocycles. The second-order valence-corrected chi connectivity index (χ2v) is 6.77. The van der Waals surface area contributed by atoms with Crippen LogP contribution in [0.15, 0.2) is 53.5 Å². The zero-order chi connectivity index (χ0) is 20.6. The maximum absolute atomic E-state index is 10.8. The number of non-ortho nitro benzene ring substituents is 1. The largest absolute Gasteiger partial charge is 0.497 e. The van der Waals surface area contributed by atoms with Crippen molar-refractivity contribution in [3.05, 3.63) is 64.2 Å². The number of nitro benzene ring substituents is 1. The summed E-state index contributed by atoms with van der Waals surface area (Å²) in [6, 6.07) is 14.7. The minimum atomic E-state index is -0.390. The van der Waals surface area contributed by atoms with Crippen LogP contribution in [0.4, 0.5) is 11.4 Å². The first kappa shape index (κ1) is 20.4. The van der Waals surface area contributed by atoms with Crippen LogP contribution in [0.5, 0.6) is 5.75 Å². The summed E-state index contributed by atoms with van der Waals surface area (Å²) in [5, 5.41) is 14.1. The van der Waals surface area contributed by atoms with Crippen molar-refractivity contribution in [3.63, 3.8) is 0 Å². The number of nitrogens with one attached hydrogen (secondary N) is 1. The van der Waals surface area contributed by atoms with Crippen LogP contribution in [-0.4, -0.2) is 55.6 Å². The molecule has 2 aromatic rings. The van der Waals surface area contributed by atoms with Gasteiger partial charge >= 0.3 is 0 Å². The molecule has 0 aromatic heterocycles. The molecule has 0 saturated carbocycles. The van der Waals surface area contributed by atoms with Gasteiger partial charge in [0.05, 0.1) is 18.6 Å². The predicted octanol–water partition coefficient (Wildman–Crippen LogP) is 2.89. The van der Waals surface area contributed by atoms with E-state index in [1.54, 1.807) is 19.2 Å². The number of hydrogen-bond acceptors (Lipinski definition) is 5.